The molecule has 0 saturated heterocycles. The van der Waals surface area contributed by atoms with Gasteiger partial charge in [0.05, 0.1) is 0 Å². The summed E-state index contributed by atoms with van der Waals surface area (Å²) >= 11 is 0. The van der Waals surface area contributed by atoms with Crippen molar-refractivity contribution in [3.8, 4) is 0 Å². The van der Waals surface area contributed by atoms with Crippen LogP contribution in [0.4, 0.5) is 4.79 Å². The van der Waals surface area contributed by atoms with Gasteiger partial charge in [0.25, 0.3) is 0 Å². The number of rotatable bonds is 3. The second-order valence-corrected chi connectivity index (χ2v) is 4.97. The smallest absolute Gasteiger partial charge is 0.324 e. The number of carbonyl (C=O) groups is 2. The quantitative estimate of drug-likeness (QED) is 0.313. The molecule has 18 heavy (non-hydrogen) atoms. The molecule has 0 radical (unpaired) electrons. The molecular formula is C10H17N3O5. The maximum atomic E-state index is 11.3. The summed E-state index contributed by atoms with van der Waals surface area (Å²) in [6.45, 7) is 0. The molecule has 0 bridgehead atoms. The molecule has 0 aromatic heterocycles. The first kappa shape index (κ1) is 13.1. The topological polar surface area (TPSA) is 145 Å². The third-order valence-corrected chi connectivity index (χ3v) is 4.04. The molecule has 2 saturated carbocycles. The van der Waals surface area contributed by atoms with Gasteiger partial charge in [-0.25, -0.2) is 4.79 Å². The van der Waals surface area contributed by atoms with Crippen LogP contribution in [0.3, 0.4) is 0 Å². The van der Waals surface area contributed by atoms with Crippen LogP contribution >= 0.6 is 0 Å². The molecule has 8 heteroatoms. The van der Waals surface area contributed by atoms with Crippen LogP contribution in [0, 0.1) is 17.8 Å². The number of amides is 2. The lowest BCUT2D eigenvalue weighted by atomic mass is 9.90. The molecule has 5 atom stereocenters. The normalized spacial score (nSPS) is 41.4. The van der Waals surface area contributed by atoms with Crippen molar-refractivity contribution in [2.45, 2.75) is 24.3 Å². The minimum Gasteiger partial charge on any atom is -0.480 e. The van der Waals surface area contributed by atoms with Crippen LogP contribution in [-0.2, 0) is 4.79 Å². The van der Waals surface area contributed by atoms with Crippen molar-refractivity contribution >= 4 is 12.0 Å². The van der Waals surface area contributed by atoms with Crippen molar-refractivity contribution in [3.63, 3.8) is 0 Å². The van der Waals surface area contributed by atoms with Gasteiger partial charge in [-0.3, -0.25) is 4.79 Å². The van der Waals surface area contributed by atoms with Crippen LogP contribution in [0.15, 0.2) is 0 Å². The number of urea groups is 1. The number of fused-ring (bicyclic) bond motifs is 1. The fourth-order valence-corrected chi connectivity index (χ4v) is 3.20. The number of nitrogens with one attached hydrogen (secondary N) is 2. The summed E-state index contributed by atoms with van der Waals surface area (Å²) in [4.78, 5) is 22.5. The Bertz CT molecular complexity index is 388. The van der Waals surface area contributed by atoms with E-state index in [2.05, 4.69) is 10.6 Å². The minimum atomic E-state index is -1.61. The van der Waals surface area contributed by atoms with Crippen molar-refractivity contribution in [1.82, 2.24) is 10.6 Å². The number of carboxylic acids is 1. The number of hydrogen-bond donors (Lipinski definition) is 6. The van der Waals surface area contributed by atoms with Gasteiger partial charge in [0.1, 0.15) is 5.54 Å². The average molecular weight is 259 g/mol. The molecule has 0 aliphatic heterocycles. The fourth-order valence-electron chi connectivity index (χ4n) is 3.20. The lowest BCUT2D eigenvalue weighted by Crippen LogP contribution is -2.53. The Hall–Kier alpha value is -1.38. The molecule has 2 aliphatic rings. The van der Waals surface area contributed by atoms with E-state index in [1.165, 1.54) is 7.05 Å². The Morgan fingerprint density at radius 3 is 2.50 bits per heavy atom. The van der Waals surface area contributed by atoms with Crippen LogP contribution in [-0.4, -0.2) is 52.2 Å². The molecule has 0 aromatic carbocycles. The summed E-state index contributed by atoms with van der Waals surface area (Å²) in [5.41, 5.74) is 4.32. The largest absolute Gasteiger partial charge is 0.480 e. The van der Waals surface area contributed by atoms with Crippen molar-refractivity contribution < 1.29 is 24.9 Å². The second kappa shape index (κ2) is 4.08. The van der Waals surface area contributed by atoms with Gasteiger partial charge in [0.15, 0.2) is 6.29 Å². The molecule has 102 valence electrons. The highest BCUT2D eigenvalue weighted by atomic mass is 16.5. The zero-order chi connectivity index (χ0) is 13.7. The van der Waals surface area contributed by atoms with Crippen LogP contribution in [0.25, 0.3) is 0 Å². The zero-order valence-electron chi connectivity index (χ0n) is 9.83. The molecular weight excluding hydrogens is 242 g/mol. The lowest BCUT2D eigenvalue weighted by Gasteiger charge is -2.26. The molecule has 2 fully saturated rings. The van der Waals surface area contributed by atoms with Crippen molar-refractivity contribution in [2.75, 3.05) is 7.05 Å². The van der Waals surface area contributed by atoms with Crippen molar-refractivity contribution in [1.29, 1.82) is 0 Å². The number of aliphatic carboxylic acids is 1. The maximum Gasteiger partial charge on any atom is 0.324 e. The SMILES string of the molecule is CNC(=O)NC1CC(N)(C(=O)O)C2C(C(O)O)C12. The molecule has 2 rings (SSSR count). The average Bonchev–Trinajstić information content (AvgIpc) is 2.97. The summed E-state index contributed by atoms with van der Waals surface area (Å²) in [6.07, 6.45) is -1.52. The maximum absolute atomic E-state index is 11.3. The second-order valence-electron chi connectivity index (χ2n) is 4.97. The van der Waals surface area contributed by atoms with Gasteiger partial charge in [-0.1, -0.05) is 0 Å². The van der Waals surface area contributed by atoms with Gasteiger partial charge in [0, 0.05) is 24.9 Å². The fraction of sp³-hybridized carbons (Fsp3) is 0.800. The number of carbonyl (C=O) groups excluding carboxylic acids is 1. The summed E-state index contributed by atoms with van der Waals surface area (Å²) in [6, 6.07) is -0.894. The van der Waals surface area contributed by atoms with Gasteiger partial charge < -0.3 is 31.7 Å². The van der Waals surface area contributed by atoms with Gasteiger partial charge in [-0.15, -0.1) is 0 Å². The Kier molecular flexibility index (Phi) is 2.96. The van der Waals surface area contributed by atoms with Gasteiger partial charge >= 0.3 is 12.0 Å². The summed E-state index contributed by atoms with van der Waals surface area (Å²) < 4.78 is 0. The monoisotopic (exact) mass is 259 g/mol. The summed E-state index contributed by atoms with van der Waals surface area (Å²) in [5, 5.41) is 32.5. The Balaban J connectivity index is 2.17. The van der Waals surface area contributed by atoms with E-state index in [0.717, 1.165) is 0 Å². The van der Waals surface area contributed by atoms with Crippen LogP contribution < -0.4 is 16.4 Å². The standard InChI is InChI=1S/C10H17N3O5/c1-12-9(18)13-3-2-10(11,8(16)17)6-4(3)5(6)7(14)15/h3-7,14-15H,2,11H2,1H3,(H,16,17)(H2,12,13,18). The summed E-state index contributed by atoms with van der Waals surface area (Å²) in [5.74, 6) is -2.59. The highest BCUT2D eigenvalue weighted by Gasteiger charge is 2.73. The van der Waals surface area contributed by atoms with Crippen molar-refractivity contribution in [2.24, 2.45) is 23.5 Å². The van der Waals surface area contributed by atoms with E-state index in [1.54, 1.807) is 0 Å². The first-order chi connectivity index (χ1) is 8.32. The number of hydrogen-bond acceptors (Lipinski definition) is 5. The predicted molar refractivity (Wildman–Crippen MR) is 59.2 cm³/mol. The Morgan fingerprint density at radius 1 is 1.44 bits per heavy atom. The first-order valence-corrected chi connectivity index (χ1v) is 5.69. The van der Waals surface area contributed by atoms with Crippen molar-refractivity contribution in [3.05, 3.63) is 0 Å². The molecule has 0 spiro atoms. The summed E-state index contributed by atoms with van der Waals surface area (Å²) in [7, 11) is 1.44. The first-order valence-electron chi connectivity index (χ1n) is 5.69. The Labute approximate surface area is 103 Å². The Morgan fingerprint density at radius 2 is 2.06 bits per heavy atom. The number of carboxylic acid groups (broad SMARTS) is 1. The third-order valence-electron chi connectivity index (χ3n) is 4.04. The van der Waals surface area contributed by atoms with E-state index in [1.807, 2.05) is 0 Å². The van der Waals surface area contributed by atoms with Crippen LogP contribution in [0.5, 0.6) is 0 Å². The molecule has 2 aliphatic carbocycles. The third kappa shape index (κ3) is 1.73. The van der Waals surface area contributed by atoms with Crippen LogP contribution in [0.1, 0.15) is 6.42 Å². The van der Waals surface area contributed by atoms with E-state index < -0.39 is 41.7 Å². The predicted octanol–water partition coefficient (Wildman–Crippen LogP) is -2.36. The van der Waals surface area contributed by atoms with E-state index in [4.69, 9.17) is 10.8 Å². The molecule has 5 unspecified atom stereocenters. The molecule has 0 heterocycles. The van der Waals surface area contributed by atoms with E-state index in [0.29, 0.717) is 0 Å². The van der Waals surface area contributed by atoms with Gasteiger partial charge in [-0.05, 0) is 12.3 Å². The molecule has 2 amide bonds. The molecule has 7 N–H and O–H groups in total. The number of aliphatic hydroxyl groups excluding tert-OH is 1. The van der Waals surface area contributed by atoms with E-state index in [9.17, 15) is 19.8 Å². The highest BCUT2D eigenvalue weighted by molar-refractivity contribution is 5.82. The highest BCUT2D eigenvalue weighted by Crippen LogP contribution is 2.62. The van der Waals surface area contributed by atoms with E-state index >= 15 is 0 Å². The lowest BCUT2D eigenvalue weighted by molar-refractivity contribution is -0.145. The van der Waals surface area contributed by atoms with E-state index in [-0.39, 0.29) is 12.3 Å². The van der Waals surface area contributed by atoms with Gasteiger partial charge in [-0.2, -0.15) is 0 Å². The molecule has 0 aromatic rings. The number of aliphatic hydroxyl groups is 2. The molecule has 8 nitrogen and oxygen atoms in total. The number of nitrogens with two attached hydrogens (primary N) is 1. The zero-order valence-corrected chi connectivity index (χ0v) is 9.83. The van der Waals surface area contributed by atoms with Crippen LogP contribution in [0.2, 0.25) is 0 Å². The van der Waals surface area contributed by atoms with Gasteiger partial charge in [0.2, 0.25) is 0 Å². The minimum absolute atomic E-state index is 0.0916.